The molecule has 1 heterocycles. The number of nitrogens with zero attached hydrogens (tertiary/aromatic N) is 2. The van der Waals surface area contributed by atoms with Crippen molar-refractivity contribution in [3.63, 3.8) is 0 Å². The van der Waals surface area contributed by atoms with Crippen molar-refractivity contribution >= 4 is 34.3 Å². The number of aromatic nitrogens is 2. The number of aryl methyl sites for hydroxylation is 1. The number of amides is 2. The Morgan fingerprint density at radius 3 is 2.15 bits per heavy atom. The average molecular weight is 459 g/mol. The highest BCUT2D eigenvalue weighted by atomic mass is 32.2. The molecule has 1 aromatic heterocycles. The van der Waals surface area contributed by atoms with Crippen molar-refractivity contribution in [2.24, 2.45) is 0 Å². The van der Waals surface area contributed by atoms with Crippen LogP contribution in [0.25, 0.3) is 10.8 Å². The maximum Gasteiger partial charge on any atom is 0.290 e. The van der Waals surface area contributed by atoms with Crippen LogP contribution in [0, 0.1) is 0 Å². The SMILES string of the molecule is CCn1nc(C(=O)NNC(=O)[C@H](Sc2ccccc2)c2ccccc2)c2ccccc2c1=O. The molecule has 0 radical (unpaired) electrons. The van der Waals surface area contributed by atoms with Crippen LogP contribution in [-0.2, 0) is 11.3 Å². The van der Waals surface area contributed by atoms with Gasteiger partial charge in [0.05, 0.1) is 5.39 Å². The zero-order chi connectivity index (χ0) is 23.2. The van der Waals surface area contributed by atoms with Crippen LogP contribution in [0.2, 0.25) is 0 Å². The molecule has 33 heavy (non-hydrogen) atoms. The molecule has 0 fully saturated rings. The van der Waals surface area contributed by atoms with Crippen LogP contribution in [0.3, 0.4) is 0 Å². The molecular weight excluding hydrogens is 436 g/mol. The number of rotatable bonds is 6. The normalized spacial score (nSPS) is 11.7. The zero-order valence-corrected chi connectivity index (χ0v) is 18.7. The summed E-state index contributed by atoms with van der Waals surface area (Å²) >= 11 is 1.38. The quantitative estimate of drug-likeness (QED) is 0.339. The average Bonchev–Trinajstić information content (AvgIpc) is 2.87. The summed E-state index contributed by atoms with van der Waals surface area (Å²) in [6.45, 7) is 2.10. The minimum Gasteiger partial charge on any atom is -0.272 e. The van der Waals surface area contributed by atoms with E-state index in [1.165, 1.54) is 16.4 Å². The summed E-state index contributed by atoms with van der Waals surface area (Å²) in [6.07, 6.45) is 0. The largest absolute Gasteiger partial charge is 0.290 e. The molecule has 0 aliphatic rings. The van der Waals surface area contributed by atoms with E-state index in [1.807, 2.05) is 60.7 Å². The number of benzene rings is 3. The lowest BCUT2D eigenvalue weighted by molar-refractivity contribution is -0.121. The Labute approximate surface area is 194 Å². The fourth-order valence-corrected chi connectivity index (χ4v) is 4.44. The zero-order valence-electron chi connectivity index (χ0n) is 17.9. The molecule has 0 saturated carbocycles. The Bertz CT molecular complexity index is 1340. The predicted molar refractivity (Wildman–Crippen MR) is 129 cm³/mol. The van der Waals surface area contributed by atoms with Crippen molar-refractivity contribution in [3.05, 3.63) is 107 Å². The molecule has 8 heteroatoms. The van der Waals surface area contributed by atoms with E-state index < -0.39 is 11.2 Å². The minimum absolute atomic E-state index is 0.0688. The maximum absolute atomic E-state index is 13.1. The number of hydrogen-bond acceptors (Lipinski definition) is 5. The first kappa shape index (κ1) is 22.3. The molecule has 7 nitrogen and oxygen atoms in total. The fraction of sp³-hybridized carbons (Fsp3) is 0.120. The van der Waals surface area contributed by atoms with Crippen LogP contribution in [0.5, 0.6) is 0 Å². The van der Waals surface area contributed by atoms with Crippen LogP contribution < -0.4 is 16.4 Å². The first-order valence-corrected chi connectivity index (χ1v) is 11.3. The smallest absolute Gasteiger partial charge is 0.272 e. The first-order chi connectivity index (χ1) is 16.1. The molecule has 2 amide bonds. The first-order valence-electron chi connectivity index (χ1n) is 10.4. The minimum atomic E-state index is -0.599. The highest BCUT2D eigenvalue weighted by Crippen LogP contribution is 2.35. The number of thioether (sulfide) groups is 1. The summed E-state index contributed by atoms with van der Waals surface area (Å²) in [4.78, 5) is 39.5. The summed E-state index contributed by atoms with van der Waals surface area (Å²) in [5, 5.41) is 4.45. The predicted octanol–water partition coefficient (Wildman–Crippen LogP) is 3.71. The van der Waals surface area contributed by atoms with Crippen molar-refractivity contribution in [2.75, 3.05) is 0 Å². The molecule has 0 spiro atoms. The van der Waals surface area contributed by atoms with Crippen LogP contribution in [0.4, 0.5) is 0 Å². The Kier molecular flexibility index (Phi) is 6.85. The number of carbonyl (C=O) groups is 2. The van der Waals surface area contributed by atoms with Gasteiger partial charge in [-0.05, 0) is 30.7 Å². The van der Waals surface area contributed by atoms with E-state index >= 15 is 0 Å². The highest BCUT2D eigenvalue weighted by molar-refractivity contribution is 8.00. The lowest BCUT2D eigenvalue weighted by Crippen LogP contribution is -2.44. The molecule has 1 atom stereocenters. The Morgan fingerprint density at radius 2 is 1.48 bits per heavy atom. The van der Waals surface area contributed by atoms with Crippen molar-refractivity contribution in [1.29, 1.82) is 0 Å². The molecular formula is C25H22N4O3S. The van der Waals surface area contributed by atoms with Crippen molar-refractivity contribution in [3.8, 4) is 0 Å². The molecule has 0 aliphatic heterocycles. The summed E-state index contributed by atoms with van der Waals surface area (Å²) < 4.78 is 1.23. The maximum atomic E-state index is 13.1. The van der Waals surface area contributed by atoms with Gasteiger partial charge in [-0.1, -0.05) is 66.7 Å². The molecule has 0 bridgehead atoms. The Balaban J connectivity index is 1.57. The Hall–Kier alpha value is -3.91. The molecule has 4 aromatic rings. The van der Waals surface area contributed by atoms with Gasteiger partial charge in [-0.15, -0.1) is 11.8 Å². The topological polar surface area (TPSA) is 93.1 Å². The summed E-state index contributed by atoms with van der Waals surface area (Å²) in [5.74, 6) is -0.977. The fourth-order valence-electron chi connectivity index (χ4n) is 3.40. The lowest BCUT2D eigenvalue weighted by atomic mass is 10.1. The van der Waals surface area contributed by atoms with E-state index in [2.05, 4.69) is 16.0 Å². The molecule has 0 saturated heterocycles. The number of hydrogen-bond donors (Lipinski definition) is 2. The van der Waals surface area contributed by atoms with E-state index in [-0.39, 0.29) is 17.2 Å². The number of carbonyl (C=O) groups excluding carboxylic acids is 2. The Morgan fingerprint density at radius 1 is 0.879 bits per heavy atom. The third-order valence-electron chi connectivity index (χ3n) is 5.02. The molecule has 0 aliphatic carbocycles. The molecule has 4 rings (SSSR count). The third kappa shape index (κ3) is 4.96. The van der Waals surface area contributed by atoms with Gasteiger partial charge in [0, 0.05) is 16.8 Å². The second kappa shape index (κ2) is 10.1. The van der Waals surface area contributed by atoms with Gasteiger partial charge in [0.2, 0.25) is 0 Å². The number of fused-ring (bicyclic) bond motifs is 1. The van der Waals surface area contributed by atoms with Gasteiger partial charge in [-0.25, -0.2) is 4.68 Å². The standard InChI is InChI=1S/C25H22N4O3S/c1-2-29-25(32)20-16-10-9-15-19(20)21(28-29)23(30)26-27-24(31)22(17-11-5-3-6-12-17)33-18-13-7-4-8-14-18/h3-16,22H,2H2,1H3,(H,26,30)(H,27,31)/t22-/m1/s1. The molecule has 2 N–H and O–H groups in total. The summed E-state index contributed by atoms with van der Waals surface area (Å²) in [7, 11) is 0. The van der Waals surface area contributed by atoms with E-state index in [0.717, 1.165) is 10.5 Å². The van der Waals surface area contributed by atoms with Crippen LogP contribution >= 0.6 is 11.8 Å². The van der Waals surface area contributed by atoms with Gasteiger partial charge in [0.25, 0.3) is 17.4 Å². The van der Waals surface area contributed by atoms with Gasteiger partial charge in [-0.2, -0.15) is 5.10 Å². The van der Waals surface area contributed by atoms with Gasteiger partial charge in [-0.3, -0.25) is 25.2 Å². The van der Waals surface area contributed by atoms with E-state index in [1.54, 1.807) is 31.2 Å². The monoisotopic (exact) mass is 458 g/mol. The van der Waals surface area contributed by atoms with Crippen molar-refractivity contribution in [2.45, 2.75) is 23.6 Å². The van der Waals surface area contributed by atoms with Gasteiger partial charge in [0.15, 0.2) is 5.69 Å². The van der Waals surface area contributed by atoms with Crippen LogP contribution in [-0.4, -0.2) is 21.6 Å². The second-order valence-electron chi connectivity index (χ2n) is 7.18. The van der Waals surface area contributed by atoms with Gasteiger partial charge >= 0.3 is 0 Å². The van der Waals surface area contributed by atoms with E-state index in [9.17, 15) is 14.4 Å². The van der Waals surface area contributed by atoms with Crippen LogP contribution in [0.15, 0.2) is 94.6 Å². The molecule has 3 aromatic carbocycles. The van der Waals surface area contributed by atoms with E-state index in [4.69, 9.17) is 0 Å². The number of hydrazine groups is 1. The van der Waals surface area contributed by atoms with Crippen molar-refractivity contribution < 1.29 is 9.59 Å². The lowest BCUT2D eigenvalue weighted by Gasteiger charge is -2.17. The number of nitrogens with one attached hydrogen (secondary N) is 2. The third-order valence-corrected chi connectivity index (χ3v) is 6.29. The second-order valence-corrected chi connectivity index (χ2v) is 8.36. The summed E-state index contributed by atoms with van der Waals surface area (Å²) in [6, 6.07) is 25.7. The molecule has 166 valence electrons. The van der Waals surface area contributed by atoms with Gasteiger partial charge < -0.3 is 0 Å². The molecule has 0 unspecified atom stereocenters. The van der Waals surface area contributed by atoms with E-state index in [0.29, 0.717) is 17.3 Å². The summed E-state index contributed by atoms with van der Waals surface area (Å²) in [5.41, 5.74) is 5.61. The van der Waals surface area contributed by atoms with Gasteiger partial charge in [0.1, 0.15) is 5.25 Å². The highest BCUT2D eigenvalue weighted by Gasteiger charge is 2.23. The van der Waals surface area contributed by atoms with Crippen LogP contribution in [0.1, 0.15) is 28.2 Å². The van der Waals surface area contributed by atoms with Crippen molar-refractivity contribution in [1.82, 2.24) is 20.6 Å².